The van der Waals surface area contributed by atoms with Gasteiger partial charge in [0, 0.05) is 19.2 Å². The molecule has 1 saturated heterocycles. The van der Waals surface area contributed by atoms with Gasteiger partial charge >= 0.3 is 0 Å². The van der Waals surface area contributed by atoms with Crippen LogP contribution in [-0.4, -0.2) is 24.2 Å². The van der Waals surface area contributed by atoms with Crippen molar-refractivity contribution in [1.82, 2.24) is 0 Å². The molecule has 0 amide bonds. The van der Waals surface area contributed by atoms with Crippen LogP contribution in [0.4, 0.5) is 11.4 Å². The van der Waals surface area contributed by atoms with Crippen molar-refractivity contribution < 1.29 is 9.66 Å². The maximum atomic E-state index is 10.9. The predicted octanol–water partition coefficient (Wildman–Crippen LogP) is 3.49. The van der Waals surface area contributed by atoms with E-state index in [2.05, 4.69) is 5.32 Å². The largest absolute Gasteiger partial charge is 0.377 e. The van der Waals surface area contributed by atoms with E-state index in [1.165, 1.54) is 12.1 Å². The van der Waals surface area contributed by atoms with Gasteiger partial charge in [0.2, 0.25) is 0 Å². The van der Waals surface area contributed by atoms with E-state index in [0.717, 1.165) is 19.4 Å². The Kier molecular flexibility index (Phi) is 4.27. The van der Waals surface area contributed by atoms with Crippen LogP contribution in [-0.2, 0) is 4.74 Å². The number of nitro benzene ring substituents is 1. The van der Waals surface area contributed by atoms with Crippen molar-refractivity contribution in [1.29, 1.82) is 0 Å². The molecule has 1 aliphatic heterocycles. The first-order valence-electron chi connectivity index (χ1n) is 5.57. The van der Waals surface area contributed by atoms with E-state index < -0.39 is 4.92 Å². The molecule has 98 valence electrons. The van der Waals surface area contributed by atoms with Gasteiger partial charge in [-0.25, -0.2) is 0 Å². The highest BCUT2D eigenvalue weighted by Crippen LogP contribution is 2.34. The predicted molar refractivity (Wildman–Crippen MR) is 70.6 cm³/mol. The number of halogens is 2. The quantitative estimate of drug-likeness (QED) is 0.681. The Morgan fingerprint density at radius 3 is 2.78 bits per heavy atom. The molecule has 0 spiro atoms. The lowest BCUT2D eigenvalue weighted by molar-refractivity contribution is -0.383. The first-order chi connectivity index (χ1) is 8.58. The fourth-order valence-corrected chi connectivity index (χ4v) is 2.18. The van der Waals surface area contributed by atoms with Crippen LogP contribution < -0.4 is 5.32 Å². The number of rotatable bonds is 4. The first-order valence-corrected chi connectivity index (χ1v) is 6.32. The zero-order valence-corrected chi connectivity index (χ0v) is 11.0. The van der Waals surface area contributed by atoms with Crippen molar-refractivity contribution in [2.24, 2.45) is 0 Å². The molecule has 1 unspecified atom stereocenters. The highest BCUT2D eigenvalue weighted by molar-refractivity contribution is 6.42. The molecule has 0 saturated carbocycles. The Morgan fingerprint density at radius 2 is 2.17 bits per heavy atom. The van der Waals surface area contributed by atoms with Gasteiger partial charge in [0.1, 0.15) is 5.69 Å². The molecule has 1 aromatic rings. The third kappa shape index (κ3) is 3.04. The molecule has 1 atom stereocenters. The second-order valence-electron chi connectivity index (χ2n) is 4.06. The third-order valence-electron chi connectivity index (χ3n) is 2.78. The van der Waals surface area contributed by atoms with Gasteiger partial charge < -0.3 is 10.1 Å². The molecule has 0 aromatic heterocycles. The highest BCUT2D eigenvalue weighted by Gasteiger charge is 2.20. The Labute approximate surface area is 114 Å². The van der Waals surface area contributed by atoms with Crippen molar-refractivity contribution in [2.45, 2.75) is 18.9 Å². The van der Waals surface area contributed by atoms with Crippen LogP contribution in [0.25, 0.3) is 0 Å². The lowest BCUT2D eigenvalue weighted by Gasteiger charge is -2.12. The number of ether oxygens (including phenoxy) is 1. The molecule has 1 fully saturated rings. The number of anilines is 1. The van der Waals surface area contributed by atoms with E-state index in [9.17, 15) is 10.1 Å². The van der Waals surface area contributed by atoms with Gasteiger partial charge in [-0.15, -0.1) is 0 Å². The number of nitrogens with zero attached hydrogens (tertiary/aromatic N) is 1. The molecule has 0 aliphatic carbocycles. The highest BCUT2D eigenvalue weighted by atomic mass is 35.5. The van der Waals surface area contributed by atoms with Crippen LogP contribution in [0.3, 0.4) is 0 Å². The molecule has 5 nitrogen and oxygen atoms in total. The van der Waals surface area contributed by atoms with Gasteiger partial charge in [0.25, 0.3) is 5.69 Å². The fraction of sp³-hybridized carbons (Fsp3) is 0.455. The summed E-state index contributed by atoms with van der Waals surface area (Å²) >= 11 is 11.6. The summed E-state index contributed by atoms with van der Waals surface area (Å²) in [5.74, 6) is 0. The van der Waals surface area contributed by atoms with Gasteiger partial charge in [-0.2, -0.15) is 0 Å². The van der Waals surface area contributed by atoms with Gasteiger partial charge in [0.05, 0.1) is 21.1 Å². The summed E-state index contributed by atoms with van der Waals surface area (Å²) < 4.78 is 5.44. The summed E-state index contributed by atoms with van der Waals surface area (Å²) in [6, 6.07) is 2.72. The van der Waals surface area contributed by atoms with Crippen LogP contribution in [0.5, 0.6) is 0 Å². The number of benzene rings is 1. The Morgan fingerprint density at radius 1 is 1.44 bits per heavy atom. The maximum Gasteiger partial charge on any atom is 0.293 e. The molecule has 7 heteroatoms. The molecule has 0 radical (unpaired) electrons. The van der Waals surface area contributed by atoms with Crippen molar-refractivity contribution in [3.8, 4) is 0 Å². The number of nitrogens with one attached hydrogen (secondary N) is 1. The van der Waals surface area contributed by atoms with Crippen molar-refractivity contribution in [3.63, 3.8) is 0 Å². The standard InChI is InChI=1S/C11H12Cl2N2O3/c12-8-4-10(11(15(16)17)5-9(8)13)14-6-7-2-1-3-18-7/h4-5,7,14H,1-3,6H2. The van der Waals surface area contributed by atoms with Crippen molar-refractivity contribution in [3.05, 3.63) is 32.3 Å². The molecular formula is C11H12Cl2N2O3. The van der Waals surface area contributed by atoms with Crippen LogP contribution in [0, 0.1) is 10.1 Å². The van der Waals surface area contributed by atoms with E-state index in [0.29, 0.717) is 12.2 Å². The van der Waals surface area contributed by atoms with E-state index in [4.69, 9.17) is 27.9 Å². The minimum atomic E-state index is -0.486. The topological polar surface area (TPSA) is 64.4 Å². The first kappa shape index (κ1) is 13.4. The molecule has 1 heterocycles. The van der Waals surface area contributed by atoms with Gasteiger partial charge in [0.15, 0.2) is 0 Å². The Hall–Kier alpha value is -1.04. The molecule has 2 rings (SSSR count). The molecule has 18 heavy (non-hydrogen) atoms. The second-order valence-corrected chi connectivity index (χ2v) is 4.87. The number of nitro groups is 1. The number of hydrogen-bond acceptors (Lipinski definition) is 4. The maximum absolute atomic E-state index is 10.9. The smallest absolute Gasteiger partial charge is 0.293 e. The zero-order chi connectivity index (χ0) is 13.1. The van der Waals surface area contributed by atoms with Crippen LogP contribution in [0.1, 0.15) is 12.8 Å². The summed E-state index contributed by atoms with van der Waals surface area (Å²) in [6.07, 6.45) is 2.08. The summed E-state index contributed by atoms with van der Waals surface area (Å²) in [6.45, 7) is 1.27. The molecule has 1 aromatic carbocycles. The molecule has 0 bridgehead atoms. The Balaban J connectivity index is 2.14. The fourth-order valence-electron chi connectivity index (χ4n) is 1.86. The minimum absolute atomic E-state index is 0.0811. The lowest BCUT2D eigenvalue weighted by Crippen LogP contribution is -2.18. The molecular weight excluding hydrogens is 279 g/mol. The molecule has 1 N–H and O–H groups in total. The third-order valence-corrected chi connectivity index (χ3v) is 3.50. The van der Waals surface area contributed by atoms with Crippen LogP contribution in [0.15, 0.2) is 12.1 Å². The normalized spacial score (nSPS) is 18.9. The summed E-state index contributed by atoms with van der Waals surface area (Å²) in [5, 5.41) is 14.4. The minimum Gasteiger partial charge on any atom is -0.377 e. The van der Waals surface area contributed by atoms with Crippen LogP contribution in [0.2, 0.25) is 10.0 Å². The second kappa shape index (κ2) is 5.73. The van der Waals surface area contributed by atoms with Crippen molar-refractivity contribution in [2.75, 3.05) is 18.5 Å². The average Bonchev–Trinajstić information content (AvgIpc) is 2.83. The Bertz CT molecular complexity index is 462. The molecule has 1 aliphatic rings. The monoisotopic (exact) mass is 290 g/mol. The van der Waals surface area contributed by atoms with E-state index >= 15 is 0 Å². The van der Waals surface area contributed by atoms with Crippen LogP contribution >= 0.6 is 23.2 Å². The van der Waals surface area contributed by atoms with Crippen molar-refractivity contribution >= 4 is 34.6 Å². The van der Waals surface area contributed by atoms with Gasteiger partial charge in [-0.3, -0.25) is 10.1 Å². The number of hydrogen-bond donors (Lipinski definition) is 1. The van der Waals surface area contributed by atoms with E-state index in [1.807, 2.05) is 0 Å². The van der Waals surface area contributed by atoms with E-state index in [-0.39, 0.29) is 21.8 Å². The van der Waals surface area contributed by atoms with E-state index in [1.54, 1.807) is 0 Å². The lowest BCUT2D eigenvalue weighted by atomic mass is 10.2. The summed E-state index contributed by atoms with van der Waals surface area (Å²) in [5.41, 5.74) is 0.285. The SMILES string of the molecule is O=[N+]([O-])c1cc(Cl)c(Cl)cc1NCC1CCCO1. The zero-order valence-electron chi connectivity index (χ0n) is 9.49. The summed E-state index contributed by atoms with van der Waals surface area (Å²) in [4.78, 5) is 10.4. The van der Waals surface area contributed by atoms with Gasteiger partial charge in [-0.05, 0) is 18.9 Å². The summed E-state index contributed by atoms with van der Waals surface area (Å²) in [7, 11) is 0. The van der Waals surface area contributed by atoms with Gasteiger partial charge in [-0.1, -0.05) is 23.2 Å². The average molecular weight is 291 g/mol.